The average Bonchev–Trinajstić information content (AvgIpc) is 2.78. The van der Waals surface area contributed by atoms with Crippen molar-refractivity contribution in [2.75, 3.05) is 13.2 Å². The molecule has 0 radical (unpaired) electrons. The Morgan fingerprint density at radius 3 is 2.72 bits per heavy atom. The summed E-state index contributed by atoms with van der Waals surface area (Å²) in [6.45, 7) is 3.19. The number of carbonyl (C=O) groups excluding carboxylic acids is 1. The van der Waals surface area contributed by atoms with Gasteiger partial charge in [0.25, 0.3) is 5.91 Å². The molecule has 2 rings (SSSR count). The van der Waals surface area contributed by atoms with Crippen LogP contribution in [0.5, 0.6) is 0 Å². The summed E-state index contributed by atoms with van der Waals surface area (Å²) >= 11 is 0.951. The van der Waals surface area contributed by atoms with Gasteiger partial charge in [-0.15, -0.1) is 11.3 Å². The van der Waals surface area contributed by atoms with E-state index in [0.29, 0.717) is 13.2 Å². The lowest BCUT2D eigenvalue weighted by atomic mass is 9.92. The number of hydrogen-bond acceptors (Lipinski definition) is 5. The van der Waals surface area contributed by atoms with Crippen LogP contribution in [0.2, 0.25) is 0 Å². The number of carbonyl (C=O) groups is 2. The van der Waals surface area contributed by atoms with Gasteiger partial charge < -0.3 is 15.2 Å². The molecule has 1 aliphatic heterocycles. The second-order valence-corrected chi connectivity index (χ2v) is 5.33. The highest BCUT2D eigenvalue weighted by Crippen LogP contribution is 2.20. The predicted octanol–water partition coefficient (Wildman–Crippen LogP) is 1.14. The number of carboxylic acid groups (broad SMARTS) is 1. The van der Waals surface area contributed by atoms with Gasteiger partial charge in [-0.25, -0.2) is 9.78 Å². The Kier molecular flexibility index (Phi) is 3.63. The first kappa shape index (κ1) is 13.0. The van der Waals surface area contributed by atoms with Gasteiger partial charge in [-0.1, -0.05) is 0 Å². The highest BCUT2D eigenvalue weighted by molar-refractivity contribution is 7.11. The Bertz CT molecular complexity index is 465. The number of carboxylic acids is 1. The summed E-state index contributed by atoms with van der Waals surface area (Å²) in [7, 11) is 0. The number of aromatic nitrogens is 1. The molecule has 6 nitrogen and oxygen atoms in total. The number of amides is 1. The third-order valence-electron chi connectivity index (χ3n) is 2.93. The molecule has 1 aliphatic rings. The van der Waals surface area contributed by atoms with Crippen molar-refractivity contribution in [3.05, 3.63) is 16.1 Å². The molecule has 0 unspecified atom stereocenters. The number of nitrogens with zero attached hydrogens (tertiary/aromatic N) is 1. The van der Waals surface area contributed by atoms with Crippen LogP contribution in [0.1, 0.15) is 40.1 Å². The maximum atomic E-state index is 12.0. The van der Waals surface area contributed by atoms with Crippen molar-refractivity contribution in [2.45, 2.75) is 25.3 Å². The van der Waals surface area contributed by atoms with Crippen LogP contribution in [-0.2, 0) is 4.74 Å². The minimum absolute atomic E-state index is 0.0720. The average molecular weight is 270 g/mol. The topological polar surface area (TPSA) is 88.5 Å². The highest BCUT2D eigenvalue weighted by atomic mass is 32.1. The third-order valence-corrected chi connectivity index (χ3v) is 3.76. The zero-order valence-corrected chi connectivity index (χ0v) is 10.7. The van der Waals surface area contributed by atoms with Gasteiger partial charge in [0.15, 0.2) is 0 Å². The van der Waals surface area contributed by atoms with Crippen molar-refractivity contribution < 1.29 is 19.4 Å². The first-order chi connectivity index (χ1) is 8.50. The van der Waals surface area contributed by atoms with Crippen LogP contribution < -0.4 is 5.32 Å². The molecule has 18 heavy (non-hydrogen) atoms. The fraction of sp³-hybridized carbons (Fsp3) is 0.545. The Morgan fingerprint density at radius 1 is 1.50 bits per heavy atom. The van der Waals surface area contributed by atoms with Crippen molar-refractivity contribution in [2.24, 2.45) is 0 Å². The van der Waals surface area contributed by atoms with Crippen molar-refractivity contribution in [1.29, 1.82) is 0 Å². The molecule has 0 atom stereocenters. The van der Waals surface area contributed by atoms with Crippen LogP contribution >= 0.6 is 11.3 Å². The summed E-state index contributed by atoms with van der Waals surface area (Å²) in [4.78, 5) is 26.4. The van der Waals surface area contributed by atoms with Crippen LogP contribution in [0.15, 0.2) is 5.38 Å². The van der Waals surface area contributed by atoms with Crippen LogP contribution in [0.4, 0.5) is 0 Å². The minimum Gasteiger partial charge on any atom is -0.476 e. The van der Waals surface area contributed by atoms with E-state index >= 15 is 0 Å². The van der Waals surface area contributed by atoms with E-state index in [9.17, 15) is 9.59 Å². The van der Waals surface area contributed by atoms with Crippen molar-refractivity contribution in [1.82, 2.24) is 10.3 Å². The van der Waals surface area contributed by atoms with E-state index in [1.807, 2.05) is 6.92 Å². The van der Waals surface area contributed by atoms with E-state index in [0.717, 1.165) is 24.2 Å². The lowest BCUT2D eigenvalue weighted by molar-refractivity contribution is 0.0421. The number of rotatable bonds is 3. The van der Waals surface area contributed by atoms with Crippen LogP contribution in [0.25, 0.3) is 0 Å². The molecular formula is C11H14N2O4S. The van der Waals surface area contributed by atoms with Crippen LogP contribution in [0, 0.1) is 0 Å². The molecule has 1 aromatic rings. The van der Waals surface area contributed by atoms with Crippen LogP contribution in [-0.4, -0.2) is 40.7 Å². The van der Waals surface area contributed by atoms with E-state index in [1.54, 1.807) is 0 Å². The standard InChI is InChI=1S/C11H14N2O4S/c1-11(2-4-17-5-3-11)13-8(14)7-6-18-9(12-7)10(15)16/h6H,2-5H2,1H3,(H,13,14)(H,15,16). The van der Waals surface area contributed by atoms with Gasteiger partial charge in [0.2, 0.25) is 5.01 Å². The Labute approximate surface area is 108 Å². The normalized spacial score (nSPS) is 18.3. The smallest absolute Gasteiger partial charge is 0.365 e. The molecule has 0 saturated carbocycles. The second kappa shape index (κ2) is 5.03. The number of thiazole rings is 1. The summed E-state index contributed by atoms with van der Waals surface area (Å²) in [6, 6.07) is 0. The SMILES string of the molecule is CC1(NC(=O)c2csc(C(=O)O)n2)CCOCC1. The lowest BCUT2D eigenvalue weighted by Crippen LogP contribution is -2.49. The van der Waals surface area contributed by atoms with E-state index in [4.69, 9.17) is 9.84 Å². The summed E-state index contributed by atoms with van der Waals surface area (Å²) in [6.07, 6.45) is 1.49. The molecule has 2 heterocycles. The molecule has 1 amide bonds. The van der Waals surface area contributed by atoms with Crippen LogP contribution in [0.3, 0.4) is 0 Å². The maximum Gasteiger partial charge on any atom is 0.365 e. The predicted molar refractivity (Wildman–Crippen MR) is 65.0 cm³/mol. The monoisotopic (exact) mass is 270 g/mol. The number of nitrogens with one attached hydrogen (secondary N) is 1. The molecule has 0 bridgehead atoms. The van der Waals surface area contributed by atoms with Gasteiger partial charge in [0.05, 0.1) is 0 Å². The molecule has 0 aromatic carbocycles. The lowest BCUT2D eigenvalue weighted by Gasteiger charge is -2.34. The molecule has 7 heteroatoms. The van der Waals surface area contributed by atoms with E-state index < -0.39 is 5.97 Å². The molecule has 1 fully saturated rings. The van der Waals surface area contributed by atoms with Crippen molar-refractivity contribution in [3.63, 3.8) is 0 Å². The van der Waals surface area contributed by atoms with E-state index in [2.05, 4.69) is 10.3 Å². The third kappa shape index (κ3) is 2.85. The van der Waals surface area contributed by atoms with Gasteiger partial charge in [-0.05, 0) is 19.8 Å². The molecule has 2 N–H and O–H groups in total. The Morgan fingerprint density at radius 2 is 2.17 bits per heavy atom. The number of ether oxygens (including phenoxy) is 1. The van der Waals surface area contributed by atoms with Crippen molar-refractivity contribution >= 4 is 23.2 Å². The Balaban J connectivity index is 2.04. The van der Waals surface area contributed by atoms with Gasteiger partial charge in [0.1, 0.15) is 5.69 Å². The molecule has 1 saturated heterocycles. The van der Waals surface area contributed by atoms with E-state index in [-0.39, 0.29) is 22.1 Å². The van der Waals surface area contributed by atoms with Gasteiger partial charge in [-0.3, -0.25) is 4.79 Å². The quantitative estimate of drug-likeness (QED) is 0.859. The fourth-order valence-electron chi connectivity index (χ4n) is 1.76. The highest BCUT2D eigenvalue weighted by Gasteiger charge is 2.30. The number of hydrogen-bond donors (Lipinski definition) is 2. The zero-order chi connectivity index (χ0) is 13.2. The summed E-state index contributed by atoms with van der Waals surface area (Å²) in [5.41, 5.74) is -0.146. The fourth-order valence-corrected chi connectivity index (χ4v) is 2.40. The van der Waals surface area contributed by atoms with Gasteiger partial charge >= 0.3 is 5.97 Å². The van der Waals surface area contributed by atoms with Crippen molar-refractivity contribution in [3.8, 4) is 0 Å². The second-order valence-electron chi connectivity index (χ2n) is 4.47. The number of aromatic carboxylic acids is 1. The first-order valence-electron chi connectivity index (χ1n) is 5.59. The van der Waals surface area contributed by atoms with E-state index in [1.165, 1.54) is 5.38 Å². The summed E-state index contributed by atoms with van der Waals surface area (Å²) < 4.78 is 5.25. The maximum absolute atomic E-state index is 12.0. The van der Waals surface area contributed by atoms with Gasteiger partial charge in [0, 0.05) is 24.1 Å². The van der Waals surface area contributed by atoms with Gasteiger partial charge in [-0.2, -0.15) is 0 Å². The molecular weight excluding hydrogens is 256 g/mol. The molecule has 98 valence electrons. The molecule has 0 aliphatic carbocycles. The summed E-state index contributed by atoms with van der Waals surface area (Å²) in [5.74, 6) is -1.44. The minimum atomic E-state index is -1.11. The zero-order valence-electron chi connectivity index (χ0n) is 9.93. The molecule has 1 aromatic heterocycles. The summed E-state index contributed by atoms with van der Waals surface area (Å²) in [5, 5.41) is 13.0. The molecule has 0 spiro atoms. The largest absolute Gasteiger partial charge is 0.476 e. The Hall–Kier alpha value is -1.47. The first-order valence-corrected chi connectivity index (χ1v) is 6.47.